The molecule has 4 heteroatoms. The van der Waals surface area contributed by atoms with E-state index in [0.717, 1.165) is 50.9 Å². The average Bonchev–Trinajstić information content (AvgIpc) is 2.72. The van der Waals surface area contributed by atoms with Crippen molar-refractivity contribution in [3.63, 3.8) is 0 Å². The second kappa shape index (κ2) is 12.4. The molecule has 1 saturated heterocycles. The van der Waals surface area contributed by atoms with Crippen LogP contribution in [0, 0.1) is 20.8 Å². The van der Waals surface area contributed by atoms with Crippen LogP contribution in [-0.2, 0) is 11.2 Å². The first-order valence-corrected chi connectivity index (χ1v) is 12.3. The smallest absolute Gasteiger partial charge is 0.122 e. The summed E-state index contributed by atoms with van der Waals surface area (Å²) in [7, 11) is 0. The van der Waals surface area contributed by atoms with Crippen LogP contribution in [0.3, 0.4) is 0 Å². The molecular weight excluding hydrogens is 412 g/mol. The Kier molecular flexibility index (Phi) is 10.2. The highest BCUT2D eigenvalue weighted by Crippen LogP contribution is 2.37. The summed E-state index contributed by atoms with van der Waals surface area (Å²) in [5.74, 6) is 0.485. The summed E-state index contributed by atoms with van der Waals surface area (Å²) in [5.41, 5.74) is 6.28. The molecule has 0 aliphatic carbocycles. The first-order valence-electron chi connectivity index (χ1n) is 12.3. The first-order chi connectivity index (χ1) is 15.5. The number of hydrogen-bond acceptors (Lipinski definition) is 4. The highest BCUT2D eigenvalue weighted by atomic mass is 16.5. The Morgan fingerprint density at radius 3 is 2.03 bits per heavy atom. The van der Waals surface area contributed by atoms with Crippen molar-refractivity contribution in [2.75, 3.05) is 13.2 Å². The number of hydrogen-bond donors (Lipinski definition) is 3. The molecule has 184 valence electrons. The number of aliphatic hydroxyl groups is 1. The molecule has 0 radical (unpaired) electrons. The SMILES string of the molecule is C/C(=C\CC/C(C)=C/CC[C@@](C)(O)CCc1c(C)c(O)c(C)c(C)c1O)CCC=C1COC1. The molecule has 0 spiro atoms. The minimum absolute atomic E-state index is 0.242. The zero-order valence-electron chi connectivity index (χ0n) is 21.6. The number of phenols is 2. The molecule has 0 bridgehead atoms. The number of phenolic OH excluding ortho intramolecular Hbond substituents is 2. The van der Waals surface area contributed by atoms with Gasteiger partial charge in [0.15, 0.2) is 0 Å². The van der Waals surface area contributed by atoms with E-state index in [1.807, 2.05) is 27.7 Å². The number of rotatable bonds is 12. The van der Waals surface area contributed by atoms with E-state index in [4.69, 9.17) is 4.74 Å². The molecule has 1 aliphatic heterocycles. The summed E-state index contributed by atoms with van der Waals surface area (Å²) in [6.45, 7) is 13.3. The van der Waals surface area contributed by atoms with Gasteiger partial charge in [-0.15, -0.1) is 0 Å². The van der Waals surface area contributed by atoms with Crippen molar-refractivity contribution < 1.29 is 20.1 Å². The number of ether oxygens (including phenoxy) is 1. The maximum atomic E-state index is 10.9. The monoisotopic (exact) mass is 456 g/mol. The fourth-order valence-corrected chi connectivity index (χ4v) is 4.23. The van der Waals surface area contributed by atoms with Crippen molar-refractivity contribution in [2.24, 2.45) is 0 Å². The lowest BCUT2D eigenvalue weighted by atomic mass is 9.88. The van der Waals surface area contributed by atoms with Crippen molar-refractivity contribution in [2.45, 2.75) is 98.5 Å². The minimum Gasteiger partial charge on any atom is -0.507 e. The van der Waals surface area contributed by atoms with E-state index in [9.17, 15) is 15.3 Å². The van der Waals surface area contributed by atoms with Gasteiger partial charge in [0.05, 0.1) is 18.8 Å². The van der Waals surface area contributed by atoms with Crippen LogP contribution in [0.1, 0.15) is 88.0 Å². The molecule has 2 rings (SSSR count). The van der Waals surface area contributed by atoms with Gasteiger partial charge in [-0.05, 0) is 115 Å². The van der Waals surface area contributed by atoms with Gasteiger partial charge < -0.3 is 20.1 Å². The number of benzene rings is 1. The second-order valence-electron chi connectivity index (χ2n) is 10.1. The van der Waals surface area contributed by atoms with E-state index in [2.05, 4.69) is 32.1 Å². The molecule has 0 amide bonds. The molecule has 33 heavy (non-hydrogen) atoms. The topological polar surface area (TPSA) is 69.9 Å². The van der Waals surface area contributed by atoms with Crippen LogP contribution in [0.15, 0.2) is 34.9 Å². The largest absolute Gasteiger partial charge is 0.507 e. The fraction of sp³-hybridized carbons (Fsp3) is 0.586. The third-order valence-electron chi connectivity index (χ3n) is 7.03. The zero-order valence-corrected chi connectivity index (χ0v) is 21.6. The van der Waals surface area contributed by atoms with Gasteiger partial charge in [0.25, 0.3) is 0 Å². The average molecular weight is 457 g/mol. The van der Waals surface area contributed by atoms with Crippen molar-refractivity contribution in [1.82, 2.24) is 0 Å². The highest BCUT2D eigenvalue weighted by molar-refractivity contribution is 5.56. The first kappa shape index (κ1) is 27.2. The quantitative estimate of drug-likeness (QED) is 0.236. The Morgan fingerprint density at radius 1 is 0.848 bits per heavy atom. The summed E-state index contributed by atoms with van der Waals surface area (Å²) in [6, 6.07) is 0. The Hall–Kier alpha value is -2.04. The molecule has 3 N–H and O–H groups in total. The normalized spacial score (nSPS) is 16.5. The lowest BCUT2D eigenvalue weighted by molar-refractivity contribution is 0.0431. The number of allylic oxidation sites excluding steroid dienone is 5. The summed E-state index contributed by atoms with van der Waals surface area (Å²) in [4.78, 5) is 0. The van der Waals surface area contributed by atoms with Gasteiger partial charge in [-0.1, -0.05) is 29.4 Å². The van der Waals surface area contributed by atoms with Crippen LogP contribution >= 0.6 is 0 Å². The van der Waals surface area contributed by atoms with Gasteiger partial charge in [-0.2, -0.15) is 0 Å². The maximum Gasteiger partial charge on any atom is 0.122 e. The number of aromatic hydroxyl groups is 2. The third-order valence-corrected chi connectivity index (χ3v) is 7.03. The Balaban J connectivity index is 1.76. The molecule has 0 aromatic heterocycles. The Bertz CT molecular complexity index is 868. The molecule has 1 fully saturated rings. The standard InChI is InChI=1S/C29H44O4/c1-20(12-8-14-25-18-33-19-25)10-7-11-21(2)13-9-16-29(6,32)17-15-26-24(5)27(30)22(3)23(4)28(26)31/h10,13-14,30-32H,7-9,11-12,15-19H2,1-6H3/b20-10+,21-13+/t29-/m1/s1. The van der Waals surface area contributed by atoms with Crippen molar-refractivity contribution in [3.8, 4) is 11.5 Å². The lowest BCUT2D eigenvalue weighted by Crippen LogP contribution is -2.24. The van der Waals surface area contributed by atoms with Crippen LogP contribution in [0.4, 0.5) is 0 Å². The molecule has 4 nitrogen and oxygen atoms in total. The van der Waals surface area contributed by atoms with Gasteiger partial charge in [-0.25, -0.2) is 0 Å². The summed E-state index contributed by atoms with van der Waals surface area (Å²) < 4.78 is 5.17. The molecular formula is C29H44O4. The van der Waals surface area contributed by atoms with Crippen LogP contribution in [0.5, 0.6) is 11.5 Å². The Labute approximate surface area is 200 Å². The van der Waals surface area contributed by atoms with E-state index in [1.165, 1.54) is 16.7 Å². The highest BCUT2D eigenvalue weighted by Gasteiger charge is 2.23. The van der Waals surface area contributed by atoms with E-state index in [0.29, 0.717) is 36.0 Å². The van der Waals surface area contributed by atoms with Gasteiger partial charge in [0.2, 0.25) is 0 Å². The van der Waals surface area contributed by atoms with E-state index in [1.54, 1.807) is 0 Å². The fourth-order valence-electron chi connectivity index (χ4n) is 4.23. The van der Waals surface area contributed by atoms with Crippen LogP contribution in [-0.4, -0.2) is 34.1 Å². The molecule has 1 aromatic carbocycles. The van der Waals surface area contributed by atoms with E-state index in [-0.39, 0.29) is 11.5 Å². The van der Waals surface area contributed by atoms with Gasteiger partial charge in [0, 0.05) is 5.56 Å². The van der Waals surface area contributed by atoms with Crippen molar-refractivity contribution >= 4 is 0 Å². The van der Waals surface area contributed by atoms with Crippen molar-refractivity contribution in [1.29, 1.82) is 0 Å². The van der Waals surface area contributed by atoms with Gasteiger partial charge in [-0.3, -0.25) is 0 Å². The molecule has 1 aromatic rings. The van der Waals surface area contributed by atoms with Crippen LogP contribution < -0.4 is 0 Å². The summed E-state index contributed by atoms with van der Waals surface area (Å²) in [6.07, 6.45) is 13.8. The molecule has 1 heterocycles. The van der Waals surface area contributed by atoms with Gasteiger partial charge >= 0.3 is 0 Å². The summed E-state index contributed by atoms with van der Waals surface area (Å²) >= 11 is 0. The third kappa shape index (κ3) is 8.35. The molecule has 1 aliphatic rings. The Morgan fingerprint density at radius 2 is 1.42 bits per heavy atom. The second-order valence-corrected chi connectivity index (χ2v) is 10.1. The van der Waals surface area contributed by atoms with E-state index < -0.39 is 5.60 Å². The molecule has 0 unspecified atom stereocenters. The summed E-state index contributed by atoms with van der Waals surface area (Å²) in [5, 5.41) is 31.7. The van der Waals surface area contributed by atoms with Crippen LogP contribution in [0.25, 0.3) is 0 Å². The molecule has 1 atom stereocenters. The van der Waals surface area contributed by atoms with Gasteiger partial charge in [0.1, 0.15) is 11.5 Å². The predicted molar refractivity (Wildman–Crippen MR) is 137 cm³/mol. The zero-order chi connectivity index (χ0) is 24.6. The van der Waals surface area contributed by atoms with Crippen molar-refractivity contribution in [3.05, 3.63) is 57.2 Å². The predicted octanol–water partition coefficient (Wildman–Crippen LogP) is 6.90. The maximum absolute atomic E-state index is 10.9. The van der Waals surface area contributed by atoms with E-state index >= 15 is 0 Å². The minimum atomic E-state index is -0.819. The van der Waals surface area contributed by atoms with Crippen LogP contribution in [0.2, 0.25) is 0 Å². The molecule has 0 saturated carbocycles. The lowest BCUT2D eigenvalue weighted by Gasteiger charge is -2.24.